The molecule has 3 rings (SSSR count). The van der Waals surface area contributed by atoms with Crippen molar-refractivity contribution in [3.05, 3.63) is 68.7 Å². The number of aromatic nitrogens is 2. The Hall–Kier alpha value is -5.32. The first kappa shape index (κ1) is 28.3. The van der Waals surface area contributed by atoms with Crippen LogP contribution in [0.3, 0.4) is 0 Å². The maximum Gasteiger partial charge on any atom is 0.269 e. The quantitative estimate of drug-likeness (QED) is 0.128. The number of nitro groups is 1. The highest BCUT2D eigenvalue weighted by atomic mass is 16.6. The van der Waals surface area contributed by atoms with Crippen molar-refractivity contribution in [2.24, 2.45) is 10.2 Å². The number of aliphatic hydroxyl groups excluding tert-OH is 1. The number of non-ortho nitro benzene ring substituents is 1. The Morgan fingerprint density at radius 3 is 2.41 bits per heavy atom. The van der Waals surface area contributed by atoms with Crippen LogP contribution in [0.25, 0.3) is 10.5 Å². The molecule has 2 heterocycles. The number of azo groups is 1. The van der Waals surface area contributed by atoms with Gasteiger partial charge in [0.15, 0.2) is 11.6 Å². The van der Waals surface area contributed by atoms with Gasteiger partial charge in [-0.05, 0) is 39.3 Å². The van der Waals surface area contributed by atoms with Crippen LogP contribution in [-0.4, -0.2) is 38.3 Å². The van der Waals surface area contributed by atoms with Crippen LogP contribution in [0, 0.1) is 46.3 Å². The Labute approximate surface area is 225 Å². The van der Waals surface area contributed by atoms with E-state index in [1.807, 2.05) is 19.9 Å². The molecule has 0 bridgehead atoms. The fraction of sp³-hybridized carbons (Fsp3) is 0.308. The summed E-state index contributed by atoms with van der Waals surface area (Å²) in [5, 5.41) is 55.5. The number of aliphatic hydroxyl groups is 1. The standard InChI is InChI=1S/C26H26N10O3/c1-6-15(2)31-24-20(11-27)17(4)23(25(32-24)30-13-16(3)37)33-34-26-21(12-28)22(29-5)14-35(26)18-7-9-19(10-8-18)36(38)39/h7-10,14-16,37H,6,13H2,1-4H3,(H2,30,31,32). The minimum atomic E-state index is -0.704. The third kappa shape index (κ3) is 6.16. The Kier molecular flexibility index (Phi) is 8.90. The zero-order valence-electron chi connectivity index (χ0n) is 21.8. The van der Waals surface area contributed by atoms with E-state index in [4.69, 9.17) is 6.57 Å². The molecule has 0 fully saturated rings. The summed E-state index contributed by atoms with van der Waals surface area (Å²) in [7, 11) is 0. The van der Waals surface area contributed by atoms with Crippen molar-refractivity contribution in [3.63, 3.8) is 0 Å². The Morgan fingerprint density at radius 1 is 1.21 bits per heavy atom. The molecule has 0 aliphatic heterocycles. The second-order valence-electron chi connectivity index (χ2n) is 8.73. The van der Waals surface area contributed by atoms with Crippen LogP contribution in [-0.2, 0) is 0 Å². The van der Waals surface area contributed by atoms with Crippen LogP contribution in [0.1, 0.15) is 43.9 Å². The van der Waals surface area contributed by atoms with E-state index in [1.165, 1.54) is 35.0 Å². The lowest BCUT2D eigenvalue weighted by Gasteiger charge is -2.18. The molecule has 0 aliphatic rings. The van der Waals surface area contributed by atoms with E-state index in [2.05, 4.69) is 36.8 Å². The Bertz CT molecular complexity index is 1540. The highest BCUT2D eigenvalue weighted by Crippen LogP contribution is 2.38. The number of nitrogens with one attached hydrogen (secondary N) is 2. The molecule has 2 unspecified atom stereocenters. The number of rotatable bonds is 10. The lowest BCUT2D eigenvalue weighted by Crippen LogP contribution is -2.19. The summed E-state index contributed by atoms with van der Waals surface area (Å²) in [6.45, 7) is 14.9. The first-order valence-electron chi connectivity index (χ1n) is 12.0. The molecule has 2 aromatic heterocycles. The molecular formula is C26H26N10O3. The molecular weight excluding hydrogens is 500 g/mol. The number of nitrogens with zero attached hydrogens (tertiary/aromatic N) is 8. The number of nitro benzene ring substituents is 1. The molecule has 3 N–H and O–H groups in total. The van der Waals surface area contributed by atoms with Gasteiger partial charge in [0, 0.05) is 42.2 Å². The van der Waals surface area contributed by atoms with E-state index in [0.717, 1.165) is 6.42 Å². The molecule has 0 amide bonds. The second kappa shape index (κ2) is 12.3. The first-order valence-corrected chi connectivity index (χ1v) is 12.0. The highest BCUT2D eigenvalue weighted by Gasteiger charge is 2.21. The van der Waals surface area contributed by atoms with Crippen molar-refractivity contribution in [3.8, 4) is 17.8 Å². The van der Waals surface area contributed by atoms with Crippen LogP contribution in [0.15, 0.2) is 40.7 Å². The second-order valence-corrected chi connectivity index (χ2v) is 8.73. The monoisotopic (exact) mass is 526 g/mol. The lowest BCUT2D eigenvalue weighted by atomic mass is 10.1. The molecule has 0 saturated carbocycles. The summed E-state index contributed by atoms with van der Waals surface area (Å²) in [5.41, 5.74) is 1.24. The minimum absolute atomic E-state index is 0.0259. The van der Waals surface area contributed by atoms with Crippen molar-refractivity contribution >= 4 is 34.5 Å². The zero-order chi connectivity index (χ0) is 28.7. The van der Waals surface area contributed by atoms with Gasteiger partial charge in [0.05, 0.1) is 29.2 Å². The van der Waals surface area contributed by atoms with E-state index < -0.39 is 11.0 Å². The molecule has 0 radical (unpaired) electrons. The van der Waals surface area contributed by atoms with E-state index in [-0.39, 0.29) is 52.4 Å². The Morgan fingerprint density at radius 2 is 1.87 bits per heavy atom. The third-order valence-electron chi connectivity index (χ3n) is 5.86. The fourth-order valence-corrected chi connectivity index (χ4v) is 3.56. The predicted octanol–water partition coefficient (Wildman–Crippen LogP) is 5.80. The topological polar surface area (TPSA) is 182 Å². The van der Waals surface area contributed by atoms with E-state index >= 15 is 0 Å². The molecule has 0 aliphatic carbocycles. The maximum absolute atomic E-state index is 11.1. The smallest absolute Gasteiger partial charge is 0.269 e. The van der Waals surface area contributed by atoms with Gasteiger partial charge >= 0.3 is 0 Å². The fourth-order valence-electron chi connectivity index (χ4n) is 3.56. The number of nitriles is 2. The van der Waals surface area contributed by atoms with Gasteiger partial charge in [0.25, 0.3) is 5.69 Å². The molecule has 2 atom stereocenters. The molecule has 13 nitrogen and oxygen atoms in total. The summed E-state index contributed by atoms with van der Waals surface area (Å²) in [6.07, 6.45) is 1.49. The SMILES string of the molecule is [C-]#[N+]c1cn(-c2ccc([N+](=O)[O-])cc2)c(N=Nc2c(NCC(C)O)nc(NC(C)CC)c(C#N)c2C)c1C#N. The van der Waals surface area contributed by atoms with Gasteiger partial charge in [-0.25, -0.2) is 9.83 Å². The van der Waals surface area contributed by atoms with Gasteiger partial charge in [-0.3, -0.25) is 10.1 Å². The largest absolute Gasteiger partial charge is 0.392 e. The number of anilines is 2. The molecule has 13 heteroatoms. The summed E-state index contributed by atoms with van der Waals surface area (Å²) in [5.74, 6) is 0.650. The van der Waals surface area contributed by atoms with Crippen molar-refractivity contribution < 1.29 is 10.0 Å². The normalized spacial score (nSPS) is 12.3. The maximum atomic E-state index is 11.1. The van der Waals surface area contributed by atoms with Gasteiger partial charge in [-0.15, -0.1) is 10.2 Å². The molecule has 0 spiro atoms. The lowest BCUT2D eigenvalue weighted by molar-refractivity contribution is -0.384. The molecule has 198 valence electrons. The number of pyridine rings is 1. The number of hydrogen-bond acceptors (Lipinski definition) is 10. The summed E-state index contributed by atoms with van der Waals surface area (Å²) in [4.78, 5) is 18.5. The number of hydrogen-bond donors (Lipinski definition) is 3. The van der Waals surface area contributed by atoms with E-state index in [1.54, 1.807) is 13.8 Å². The Balaban J connectivity index is 2.21. The molecule has 3 aromatic rings. The average Bonchev–Trinajstić information content (AvgIpc) is 3.28. The van der Waals surface area contributed by atoms with Crippen LogP contribution >= 0.6 is 0 Å². The van der Waals surface area contributed by atoms with Crippen LogP contribution in [0.4, 0.5) is 34.5 Å². The average molecular weight is 527 g/mol. The molecule has 0 saturated heterocycles. The summed E-state index contributed by atoms with van der Waals surface area (Å²) in [6, 6.07) is 9.71. The van der Waals surface area contributed by atoms with Gasteiger partial charge < -0.3 is 20.3 Å². The van der Waals surface area contributed by atoms with Crippen molar-refractivity contribution in [2.75, 3.05) is 17.2 Å². The minimum Gasteiger partial charge on any atom is -0.392 e. The van der Waals surface area contributed by atoms with Crippen LogP contribution < -0.4 is 10.6 Å². The van der Waals surface area contributed by atoms with Gasteiger partial charge in [0.1, 0.15) is 23.1 Å². The van der Waals surface area contributed by atoms with Crippen LogP contribution in [0.5, 0.6) is 0 Å². The van der Waals surface area contributed by atoms with E-state index in [9.17, 15) is 25.7 Å². The third-order valence-corrected chi connectivity index (χ3v) is 5.86. The predicted molar refractivity (Wildman–Crippen MR) is 145 cm³/mol. The summed E-state index contributed by atoms with van der Waals surface area (Å²) >= 11 is 0. The molecule has 1 aromatic carbocycles. The highest BCUT2D eigenvalue weighted by molar-refractivity contribution is 5.75. The first-order chi connectivity index (χ1) is 18.6. The van der Waals surface area contributed by atoms with Gasteiger partial charge in [-0.1, -0.05) is 6.92 Å². The van der Waals surface area contributed by atoms with Crippen molar-refractivity contribution in [2.45, 2.75) is 46.3 Å². The van der Waals surface area contributed by atoms with Gasteiger partial charge in [-0.2, -0.15) is 10.5 Å². The number of benzene rings is 1. The van der Waals surface area contributed by atoms with Crippen molar-refractivity contribution in [1.82, 2.24) is 9.55 Å². The van der Waals surface area contributed by atoms with Crippen molar-refractivity contribution in [1.29, 1.82) is 10.5 Å². The van der Waals surface area contributed by atoms with Gasteiger partial charge in [0.2, 0.25) is 5.69 Å². The molecule has 39 heavy (non-hydrogen) atoms. The van der Waals surface area contributed by atoms with Crippen LogP contribution in [0.2, 0.25) is 0 Å². The zero-order valence-corrected chi connectivity index (χ0v) is 21.8. The van der Waals surface area contributed by atoms with E-state index in [0.29, 0.717) is 17.1 Å². The summed E-state index contributed by atoms with van der Waals surface area (Å²) < 4.78 is 1.44.